The normalized spacial score (nSPS) is 12.2. The first-order valence-corrected chi connectivity index (χ1v) is 8.50. The fourth-order valence-electron chi connectivity index (χ4n) is 2.77. The van der Waals surface area contributed by atoms with E-state index in [0.717, 1.165) is 0 Å². The number of carbonyl (C=O) groups is 1. The highest BCUT2D eigenvalue weighted by molar-refractivity contribution is 5.94. The first-order chi connectivity index (χ1) is 12.5. The van der Waals surface area contributed by atoms with Crippen LogP contribution in [0.15, 0.2) is 61.3 Å². The summed E-state index contributed by atoms with van der Waals surface area (Å²) in [5.41, 5.74) is 2.97. The quantitative estimate of drug-likeness (QED) is 0.743. The van der Waals surface area contributed by atoms with E-state index in [0.29, 0.717) is 17.9 Å². The highest BCUT2D eigenvalue weighted by Gasteiger charge is 2.16. The van der Waals surface area contributed by atoms with Gasteiger partial charge in [-0.25, -0.2) is 9.97 Å². The molecule has 2 heterocycles. The molecule has 0 saturated heterocycles. The molecule has 1 aromatic carbocycles. The molecular formula is C20H23N5O. The van der Waals surface area contributed by atoms with Crippen LogP contribution in [-0.4, -0.2) is 46.0 Å². The van der Waals surface area contributed by atoms with Crippen molar-refractivity contribution in [3.8, 4) is 5.82 Å². The standard InChI is InChI=1S/C20H23N5O/c1-15-4-6-16(7-5-15)18(24(2)3)13-23-20(26)17-8-9-22-19(12-17)25-11-10-21-14-25/h4-12,14,18H,13H2,1-3H3,(H,23,26). The molecule has 0 bridgehead atoms. The minimum atomic E-state index is -0.118. The van der Waals surface area contributed by atoms with Crippen LogP contribution in [0.4, 0.5) is 0 Å². The lowest BCUT2D eigenvalue weighted by Crippen LogP contribution is -2.34. The molecule has 0 aliphatic carbocycles. The van der Waals surface area contributed by atoms with Gasteiger partial charge in [-0.05, 0) is 38.7 Å². The van der Waals surface area contributed by atoms with E-state index in [1.807, 2.05) is 14.1 Å². The summed E-state index contributed by atoms with van der Waals surface area (Å²) in [6.45, 7) is 2.59. The van der Waals surface area contributed by atoms with Gasteiger partial charge >= 0.3 is 0 Å². The van der Waals surface area contributed by atoms with Gasteiger partial charge in [0.15, 0.2) is 0 Å². The number of hydrogen-bond donors (Lipinski definition) is 1. The highest BCUT2D eigenvalue weighted by Crippen LogP contribution is 2.18. The number of carbonyl (C=O) groups excluding carboxylic acids is 1. The molecule has 0 saturated carbocycles. The second-order valence-electron chi connectivity index (χ2n) is 6.47. The van der Waals surface area contributed by atoms with Gasteiger partial charge in [-0.2, -0.15) is 0 Å². The van der Waals surface area contributed by atoms with Crippen LogP contribution in [0.5, 0.6) is 0 Å². The number of hydrogen-bond acceptors (Lipinski definition) is 4. The van der Waals surface area contributed by atoms with Crippen molar-refractivity contribution < 1.29 is 4.79 Å². The van der Waals surface area contributed by atoms with Crippen LogP contribution in [0.3, 0.4) is 0 Å². The Labute approximate surface area is 153 Å². The first-order valence-electron chi connectivity index (χ1n) is 8.50. The van der Waals surface area contributed by atoms with Crippen molar-refractivity contribution in [1.82, 2.24) is 24.8 Å². The van der Waals surface area contributed by atoms with Crippen molar-refractivity contribution in [3.63, 3.8) is 0 Å². The molecule has 0 fully saturated rings. The number of nitrogens with zero attached hydrogens (tertiary/aromatic N) is 4. The van der Waals surface area contributed by atoms with Crippen LogP contribution in [0.25, 0.3) is 5.82 Å². The Balaban J connectivity index is 1.71. The van der Waals surface area contributed by atoms with Crippen LogP contribution in [-0.2, 0) is 0 Å². The van der Waals surface area contributed by atoms with Gasteiger partial charge in [0.05, 0.1) is 6.04 Å². The summed E-state index contributed by atoms with van der Waals surface area (Å²) in [5, 5.41) is 3.03. The summed E-state index contributed by atoms with van der Waals surface area (Å²) in [4.78, 5) is 23.0. The van der Waals surface area contributed by atoms with Crippen molar-refractivity contribution in [2.45, 2.75) is 13.0 Å². The van der Waals surface area contributed by atoms with Crippen LogP contribution in [0.1, 0.15) is 27.5 Å². The van der Waals surface area contributed by atoms with Crippen molar-refractivity contribution in [1.29, 1.82) is 0 Å². The predicted molar refractivity (Wildman–Crippen MR) is 101 cm³/mol. The molecule has 1 unspecified atom stereocenters. The van der Waals surface area contributed by atoms with Gasteiger partial charge in [0.2, 0.25) is 0 Å². The van der Waals surface area contributed by atoms with E-state index in [1.54, 1.807) is 41.6 Å². The number of aryl methyl sites for hydroxylation is 1. The minimum Gasteiger partial charge on any atom is -0.350 e. The second-order valence-corrected chi connectivity index (χ2v) is 6.47. The third kappa shape index (κ3) is 4.15. The second kappa shape index (κ2) is 7.93. The molecule has 134 valence electrons. The summed E-state index contributed by atoms with van der Waals surface area (Å²) >= 11 is 0. The number of amides is 1. The Bertz CT molecular complexity index is 856. The molecule has 2 aromatic heterocycles. The molecule has 0 radical (unpaired) electrons. The van der Waals surface area contributed by atoms with Gasteiger partial charge in [0.1, 0.15) is 12.1 Å². The highest BCUT2D eigenvalue weighted by atomic mass is 16.1. The predicted octanol–water partition coefficient (Wildman–Crippen LogP) is 2.61. The number of likely N-dealkylation sites (N-methyl/N-ethyl adjacent to an activating group) is 1. The van der Waals surface area contributed by atoms with Crippen LogP contribution >= 0.6 is 0 Å². The zero-order chi connectivity index (χ0) is 18.5. The van der Waals surface area contributed by atoms with E-state index < -0.39 is 0 Å². The molecule has 0 spiro atoms. The maximum atomic E-state index is 12.6. The largest absolute Gasteiger partial charge is 0.350 e. The molecular weight excluding hydrogens is 326 g/mol. The average molecular weight is 349 g/mol. The first kappa shape index (κ1) is 17.8. The molecule has 0 aliphatic heterocycles. The zero-order valence-electron chi connectivity index (χ0n) is 15.3. The van der Waals surface area contributed by atoms with Crippen LogP contribution < -0.4 is 5.32 Å². The van der Waals surface area contributed by atoms with E-state index in [4.69, 9.17) is 0 Å². The van der Waals surface area contributed by atoms with Gasteiger partial charge < -0.3 is 10.2 Å². The van der Waals surface area contributed by atoms with E-state index in [1.165, 1.54) is 11.1 Å². The summed E-state index contributed by atoms with van der Waals surface area (Å²) in [7, 11) is 4.03. The van der Waals surface area contributed by atoms with Crippen LogP contribution in [0, 0.1) is 6.92 Å². The zero-order valence-corrected chi connectivity index (χ0v) is 15.3. The molecule has 3 rings (SSSR count). The molecule has 3 aromatic rings. The number of rotatable bonds is 6. The Kier molecular flexibility index (Phi) is 5.43. The van der Waals surface area contributed by atoms with Crippen molar-refractivity contribution >= 4 is 5.91 Å². The van der Waals surface area contributed by atoms with Gasteiger partial charge in [0, 0.05) is 30.7 Å². The molecule has 1 N–H and O–H groups in total. The number of benzene rings is 1. The number of imidazole rings is 1. The Hall–Kier alpha value is -2.99. The van der Waals surface area contributed by atoms with Crippen molar-refractivity contribution in [2.24, 2.45) is 0 Å². The van der Waals surface area contributed by atoms with E-state index in [-0.39, 0.29) is 11.9 Å². The lowest BCUT2D eigenvalue weighted by atomic mass is 10.0. The average Bonchev–Trinajstić information content (AvgIpc) is 3.18. The van der Waals surface area contributed by atoms with Crippen molar-refractivity contribution in [2.75, 3.05) is 20.6 Å². The number of nitrogens with one attached hydrogen (secondary N) is 1. The van der Waals surface area contributed by atoms with Crippen molar-refractivity contribution in [3.05, 3.63) is 78.0 Å². The van der Waals surface area contributed by atoms with Crippen LogP contribution in [0.2, 0.25) is 0 Å². The lowest BCUT2D eigenvalue weighted by molar-refractivity contribution is 0.0941. The maximum Gasteiger partial charge on any atom is 0.251 e. The summed E-state index contributed by atoms with van der Waals surface area (Å²) < 4.78 is 1.77. The molecule has 1 amide bonds. The summed E-state index contributed by atoms with van der Waals surface area (Å²) in [5.74, 6) is 0.547. The Morgan fingerprint density at radius 1 is 1.19 bits per heavy atom. The van der Waals surface area contributed by atoms with Gasteiger partial charge in [-0.1, -0.05) is 29.8 Å². The summed E-state index contributed by atoms with van der Waals surface area (Å²) in [6.07, 6.45) is 6.76. The summed E-state index contributed by atoms with van der Waals surface area (Å²) in [6, 6.07) is 12.0. The Morgan fingerprint density at radius 2 is 1.96 bits per heavy atom. The Morgan fingerprint density at radius 3 is 2.62 bits per heavy atom. The topological polar surface area (TPSA) is 63.1 Å². The number of aromatic nitrogens is 3. The SMILES string of the molecule is Cc1ccc(C(CNC(=O)c2ccnc(-n3ccnc3)c2)N(C)C)cc1. The van der Waals surface area contributed by atoms with Gasteiger partial charge in [-0.15, -0.1) is 0 Å². The third-order valence-corrected chi connectivity index (χ3v) is 4.32. The third-order valence-electron chi connectivity index (χ3n) is 4.32. The fraction of sp³-hybridized carbons (Fsp3) is 0.250. The smallest absolute Gasteiger partial charge is 0.251 e. The van der Waals surface area contributed by atoms with Gasteiger partial charge in [0.25, 0.3) is 5.91 Å². The van der Waals surface area contributed by atoms with Gasteiger partial charge in [-0.3, -0.25) is 9.36 Å². The minimum absolute atomic E-state index is 0.106. The maximum absolute atomic E-state index is 12.6. The van der Waals surface area contributed by atoms with E-state index in [2.05, 4.69) is 51.4 Å². The number of pyridine rings is 1. The van der Waals surface area contributed by atoms with E-state index in [9.17, 15) is 4.79 Å². The molecule has 1 atom stereocenters. The molecule has 26 heavy (non-hydrogen) atoms. The molecule has 6 nitrogen and oxygen atoms in total. The molecule has 6 heteroatoms. The van der Waals surface area contributed by atoms with E-state index >= 15 is 0 Å². The monoisotopic (exact) mass is 349 g/mol. The lowest BCUT2D eigenvalue weighted by Gasteiger charge is -2.25. The molecule has 0 aliphatic rings. The fourth-order valence-corrected chi connectivity index (χ4v) is 2.77.